The van der Waals surface area contributed by atoms with Crippen LogP contribution in [0.3, 0.4) is 0 Å². The second-order valence-corrected chi connectivity index (χ2v) is 7.23. The fourth-order valence-corrected chi connectivity index (χ4v) is 3.82. The highest BCUT2D eigenvalue weighted by atomic mass is 35.5. The van der Waals surface area contributed by atoms with E-state index < -0.39 is 6.10 Å². The first-order valence-electron chi connectivity index (χ1n) is 9.54. The number of likely N-dealkylation sites (tertiary alicyclic amines) is 1. The lowest BCUT2D eigenvalue weighted by Gasteiger charge is -2.35. The van der Waals surface area contributed by atoms with Crippen molar-refractivity contribution in [2.75, 3.05) is 13.1 Å². The number of halogens is 3. The topological polar surface area (TPSA) is 23.5 Å². The van der Waals surface area contributed by atoms with Crippen LogP contribution >= 0.6 is 12.4 Å². The monoisotopic (exact) mass is 395 g/mol. The molecule has 1 fully saturated rings. The highest BCUT2D eigenvalue weighted by Crippen LogP contribution is 2.29. The summed E-state index contributed by atoms with van der Waals surface area (Å²) in [5, 5.41) is 10.4. The van der Waals surface area contributed by atoms with Crippen molar-refractivity contribution in [1.82, 2.24) is 4.90 Å². The molecule has 2 unspecified atom stereocenters. The highest BCUT2D eigenvalue weighted by molar-refractivity contribution is 5.85. The van der Waals surface area contributed by atoms with E-state index >= 15 is 0 Å². The summed E-state index contributed by atoms with van der Waals surface area (Å²) in [7, 11) is 0. The summed E-state index contributed by atoms with van der Waals surface area (Å²) >= 11 is 0. The molecule has 1 N–H and O–H groups in total. The maximum absolute atomic E-state index is 13.3. The molecule has 0 spiro atoms. The van der Waals surface area contributed by atoms with E-state index in [9.17, 15) is 13.9 Å². The van der Waals surface area contributed by atoms with E-state index in [1.807, 2.05) is 12.1 Å². The minimum absolute atomic E-state index is 0. The molecule has 0 aliphatic carbocycles. The number of piperidine rings is 1. The zero-order chi connectivity index (χ0) is 18.4. The van der Waals surface area contributed by atoms with Crippen LogP contribution in [0.25, 0.3) is 0 Å². The zero-order valence-corrected chi connectivity index (χ0v) is 16.3. The van der Waals surface area contributed by atoms with Gasteiger partial charge < -0.3 is 5.11 Å². The number of aliphatic hydroxyl groups excluding tert-OH is 1. The summed E-state index contributed by atoms with van der Waals surface area (Å²) in [6.45, 7) is 2.10. The first kappa shape index (κ1) is 21.8. The largest absolute Gasteiger partial charge is 0.393 e. The molecule has 2 atom stereocenters. The molecular weight excluding hydrogens is 368 g/mol. The van der Waals surface area contributed by atoms with E-state index in [1.54, 1.807) is 12.1 Å². The fourth-order valence-electron chi connectivity index (χ4n) is 3.82. The minimum Gasteiger partial charge on any atom is -0.393 e. The number of hydrogen-bond acceptors (Lipinski definition) is 2. The van der Waals surface area contributed by atoms with Crippen LogP contribution in [0.1, 0.15) is 49.3 Å². The number of aliphatic hydroxyl groups is 1. The van der Waals surface area contributed by atoms with Gasteiger partial charge in [0.05, 0.1) is 6.10 Å². The summed E-state index contributed by atoms with van der Waals surface area (Å²) in [4.78, 5) is 2.46. The van der Waals surface area contributed by atoms with Crippen molar-refractivity contribution in [2.24, 2.45) is 0 Å². The van der Waals surface area contributed by atoms with Crippen LogP contribution in [-0.2, 0) is 6.42 Å². The first-order valence-corrected chi connectivity index (χ1v) is 9.54. The fraction of sp³-hybridized carbons (Fsp3) is 0.455. The molecule has 5 heteroatoms. The van der Waals surface area contributed by atoms with Gasteiger partial charge in [0.1, 0.15) is 11.6 Å². The Morgan fingerprint density at radius 1 is 0.815 bits per heavy atom. The van der Waals surface area contributed by atoms with Crippen LogP contribution < -0.4 is 0 Å². The maximum Gasteiger partial charge on any atom is 0.123 e. The Hall–Kier alpha value is -1.49. The van der Waals surface area contributed by atoms with Gasteiger partial charge in [-0.05, 0) is 80.6 Å². The molecule has 0 saturated carbocycles. The Kier molecular flexibility index (Phi) is 8.68. The highest BCUT2D eigenvalue weighted by Gasteiger charge is 2.23. The van der Waals surface area contributed by atoms with Crippen molar-refractivity contribution in [3.63, 3.8) is 0 Å². The molecule has 1 aliphatic rings. The minimum atomic E-state index is -0.465. The summed E-state index contributed by atoms with van der Waals surface area (Å²) in [6.07, 6.45) is 5.19. The van der Waals surface area contributed by atoms with E-state index in [1.165, 1.54) is 43.5 Å². The average Bonchev–Trinajstić information content (AvgIpc) is 2.66. The molecule has 3 rings (SSSR count). The second-order valence-electron chi connectivity index (χ2n) is 7.23. The van der Waals surface area contributed by atoms with Gasteiger partial charge in [-0.1, -0.05) is 30.7 Å². The van der Waals surface area contributed by atoms with Gasteiger partial charge in [-0.15, -0.1) is 12.4 Å². The van der Waals surface area contributed by atoms with Crippen LogP contribution in [-0.4, -0.2) is 29.2 Å². The third-order valence-corrected chi connectivity index (χ3v) is 5.24. The lowest BCUT2D eigenvalue weighted by atomic mass is 9.94. The number of hydrogen-bond donors (Lipinski definition) is 1. The molecule has 1 heterocycles. The Bertz CT molecular complexity index is 672. The average molecular weight is 396 g/mol. The van der Waals surface area contributed by atoms with Crippen LogP contribution in [0.2, 0.25) is 0 Å². The van der Waals surface area contributed by atoms with Gasteiger partial charge in [-0.25, -0.2) is 8.78 Å². The quantitative estimate of drug-likeness (QED) is 0.687. The standard InChI is InChI=1S/C22H27F2NO.ClH/c23-19-8-4-17(5-9-19)16-21(26)12-13-22(25-14-2-1-3-15-25)18-6-10-20(24)11-7-18;/h4-11,21-22,26H,1-3,12-16H2;1H. The Balaban J connectivity index is 0.00000261. The third-order valence-electron chi connectivity index (χ3n) is 5.24. The Labute approximate surface area is 166 Å². The van der Waals surface area contributed by atoms with Crippen molar-refractivity contribution in [3.8, 4) is 0 Å². The third kappa shape index (κ3) is 6.56. The summed E-state index contributed by atoms with van der Waals surface area (Å²) in [6, 6.07) is 13.3. The predicted molar refractivity (Wildman–Crippen MR) is 107 cm³/mol. The van der Waals surface area contributed by atoms with Gasteiger partial charge in [-0.3, -0.25) is 4.90 Å². The predicted octanol–water partition coefficient (Wildman–Crippen LogP) is 5.30. The van der Waals surface area contributed by atoms with Gasteiger partial charge in [0.15, 0.2) is 0 Å². The molecule has 0 radical (unpaired) electrons. The molecule has 0 bridgehead atoms. The van der Waals surface area contributed by atoms with Gasteiger partial charge in [-0.2, -0.15) is 0 Å². The molecule has 27 heavy (non-hydrogen) atoms. The summed E-state index contributed by atoms with van der Waals surface area (Å²) in [5.41, 5.74) is 2.05. The van der Waals surface area contributed by atoms with E-state index in [2.05, 4.69) is 4.90 Å². The van der Waals surface area contributed by atoms with E-state index in [-0.39, 0.29) is 30.1 Å². The molecule has 2 aromatic rings. The van der Waals surface area contributed by atoms with Gasteiger partial charge >= 0.3 is 0 Å². The molecule has 0 aromatic heterocycles. The van der Waals surface area contributed by atoms with Crippen molar-refractivity contribution < 1.29 is 13.9 Å². The molecule has 148 valence electrons. The molecule has 1 aliphatic heterocycles. The van der Waals surface area contributed by atoms with E-state index in [4.69, 9.17) is 0 Å². The van der Waals surface area contributed by atoms with Gasteiger partial charge in [0, 0.05) is 6.04 Å². The molecule has 1 saturated heterocycles. The first-order chi connectivity index (χ1) is 12.6. The van der Waals surface area contributed by atoms with Crippen molar-refractivity contribution >= 4 is 12.4 Å². The Morgan fingerprint density at radius 3 is 1.96 bits per heavy atom. The van der Waals surface area contributed by atoms with E-state index in [0.717, 1.165) is 30.6 Å². The van der Waals surface area contributed by atoms with Crippen LogP contribution in [0, 0.1) is 11.6 Å². The van der Waals surface area contributed by atoms with Crippen molar-refractivity contribution in [1.29, 1.82) is 0 Å². The van der Waals surface area contributed by atoms with Gasteiger partial charge in [0.2, 0.25) is 0 Å². The lowest BCUT2D eigenvalue weighted by molar-refractivity contribution is 0.117. The van der Waals surface area contributed by atoms with Crippen LogP contribution in [0.4, 0.5) is 8.78 Å². The normalized spacial score (nSPS) is 17.1. The summed E-state index contributed by atoms with van der Waals surface area (Å²) in [5.74, 6) is -0.479. The SMILES string of the molecule is Cl.OC(CCC(c1ccc(F)cc1)N1CCCCC1)Cc1ccc(F)cc1. The number of benzene rings is 2. The smallest absolute Gasteiger partial charge is 0.123 e. The number of nitrogens with zero attached hydrogens (tertiary/aromatic N) is 1. The van der Waals surface area contributed by atoms with Crippen molar-refractivity contribution in [3.05, 3.63) is 71.3 Å². The van der Waals surface area contributed by atoms with Gasteiger partial charge in [0.25, 0.3) is 0 Å². The van der Waals surface area contributed by atoms with Crippen LogP contribution in [0.5, 0.6) is 0 Å². The Morgan fingerprint density at radius 2 is 1.37 bits per heavy atom. The molecule has 2 nitrogen and oxygen atoms in total. The van der Waals surface area contributed by atoms with Crippen molar-refractivity contribution in [2.45, 2.75) is 50.7 Å². The number of rotatable bonds is 7. The molecule has 2 aromatic carbocycles. The van der Waals surface area contributed by atoms with E-state index in [0.29, 0.717) is 12.8 Å². The zero-order valence-electron chi connectivity index (χ0n) is 15.5. The second kappa shape index (κ2) is 10.7. The van der Waals surface area contributed by atoms with Crippen LogP contribution in [0.15, 0.2) is 48.5 Å². The molecular formula is C22H28ClF2NO. The molecule has 0 amide bonds. The maximum atomic E-state index is 13.3. The summed E-state index contributed by atoms with van der Waals surface area (Å²) < 4.78 is 26.3. The lowest BCUT2D eigenvalue weighted by Crippen LogP contribution is -2.34.